The number of nitriles is 2. The number of nitrogens with two attached hydrogens (primary N) is 1. The van der Waals surface area contributed by atoms with E-state index in [2.05, 4.69) is 33.1 Å². The van der Waals surface area contributed by atoms with E-state index in [0.717, 1.165) is 26.7 Å². The fourth-order valence-electron chi connectivity index (χ4n) is 3.54. The number of rotatable bonds is 4. The predicted octanol–water partition coefficient (Wildman–Crippen LogP) is 5.25. The molecule has 1 heterocycles. The van der Waals surface area contributed by atoms with Crippen molar-refractivity contribution in [3.8, 4) is 23.6 Å². The molecular formula is C23H21BrN4O2. The van der Waals surface area contributed by atoms with E-state index in [-0.39, 0.29) is 11.9 Å². The number of allylic oxidation sites excluding steroid dienone is 3. The molecule has 1 aliphatic rings. The Morgan fingerprint density at radius 1 is 1.20 bits per heavy atom. The number of ether oxygens (including phenoxy) is 2. The molecule has 0 aliphatic heterocycles. The van der Waals surface area contributed by atoms with Crippen LogP contribution in [0.15, 0.2) is 22.2 Å². The van der Waals surface area contributed by atoms with E-state index in [0.29, 0.717) is 33.9 Å². The molecule has 1 aromatic heterocycles. The van der Waals surface area contributed by atoms with Crippen molar-refractivity contribution in [1.29, 1.82) is 10.5 Å². The Hall–Kier alpha value is -3.29. The maximum absolute atomic E-state index is 9.70. The van der Waals surface area contributed by atoms with Gasteiger partial charge in [-0.1, -0.05) is 0 Å². The van der Waals surface area contributed by atoms with Gasteiger partial charge in [-0.25, -0.2) is 4.98 Å². The highest BCUT2D eigenvalue weighted by molar-refractivity contribution is 9.10. The van der Waals surface area contributed by atoms with Crippen molar-refractivity contribution in [3.05, 3.63) is 50.1 Å². The number of methoxy groups -OCH3 is 1. The second kappa shape index (κ2) is 8.22. The molecule has 6 nitrogen and oxygen atoms in total. The molecule has 2 N–H and O–H groups in total. The maximum atomic E-state index is 9.70. The summed E-state index contributed by atoms with van der Waals surface area (Å²) in [6.45, 7) is 7.59. The number of hydrogen-bond acceptors (Lipinski definition) is 6. The average Bonchev–Trinajstić information content (AvgIpc) is 2.94. The molecule has 0 bridgehead atoms. The zero-order chi connectivity index (χ0) is 22.2. The summed E-state index contributed by atoms with van der Waals surface area (Å²) >= 11 is 3.57. The molecule has 7 heteroatoms. The van der Waals surface area contributed by atoms with Crippen molar-refractivity contribution in [1.82, 2.24) is 4.98 Å². The number of nitrogen functional groups attached to an aromatic ring is 1. The van der Waals surface area contributed by atoms with Crippen molar-refractivity contribution in [3.63, 3.8) is 0 Å². The highest BCUT2D eigenvalue weighted by Crippen LogP contribution is 2.45. The third-order valence-electron chi connectivity index (χ3n) is 4.90. The van der Waals surface area contributed by atoms with Gasteiger partial charge in [-0.2, -0.15) is 10.5 Å². The standard InChI is InChI=1S/C23H21BrN4O2/c1-11(2)30-22-18(24)7-14(8-19(22)29-5)6-15-12(3)16(9-25)21-20(15)13(4)17(10-26)23(27)28-21/h6-8,11H,1-5H3,(H2,27,28)/b15-6-. The van der Waals surface area contributed by atoms with Gasteiger partial charge in [-0.3, -0.25) is 0 Å². The van der Waals surface area contributed by atoms with E-state index >= 15 is 0 Å². The zero-order valence-electron chi connectivity index (χ0n) is 17.4. The lowest BCUT2D eigenvalue weighted by Crippen LogP contribution is -2.07. The molecule has 0 saturated heterocycles. The van der Waals surface area contributed by atoms with Gasteiger partial charge < -0.3 is 15.2 Å². The largest absolute Gasteiger partial charge is 0.493 e. The third-order valence-corrected chi connectivity index (χ3v) is 5.49. The summed E-state index contributed by atoms with van der Waals surface area (Å²) in [4.78, 5) is 4.36. The van der Waals surface area contributed by atoms with Gasteiger partial charge >= 0.3 is 0 Å². The Bertz CT molecular complexity index is 1200. The summed E-state index contributed by atoms with van der Waals surface area (Å²) < 4.78 is 12.1. The quantitative estimate of drug-likeness (QED) is 0.661. The first kappa shape index (κ1) is 21.4. The van der Waals surface area contributed by atoms with Crippen LogP contribution in [0.5, 0.6) is 11.5 Å². The van der Waals surface area contributed by atoms with E-state index in [9.17, 15) is 10.5 Å². The Balaban J connectivity index is 2.25. The molecule has 3 rings (SSSR count). The summed E-state index contributed by atoms with van der Waals surface area (Å²) in [6.07, 6.45) is 1.95. The summed E-state index contributed by atoms with van der Waals surface area (Å²) in [5.74, 6) is 1.36. The molecule has 0 saturated carbocycles. The molecular weight excluding hydrogens is 444 g/mol. The molecule has 0 atom stereocenters. The molecule has 0 radical (unpaired) electrons. The number of benzene rings is 1. The van der Waals surface area contributed by atoms with Gasteiger partial charge in [0.25, 0.3) is 0 Å². The average molecular weight is 465 g/mol. The minimum atomic E-state index is -0.00642. The third kappa shape index (κ3) is 3.53. The SMILES string of the molecule is COc1cc(/C=C2/C(C)=C(C#N)c3nc(N)c(C#N)c(C)c32)cc(Br)c1OC(C)C. The van der Waals surface area contributed by atoms with Crippen molar-refractivity contribution in [2.75, 3.05) is 12.8 Å². The van der Waals surface area contributed by atoms with Crippen LogP contribution in [0.2, 0.25) is 0 Å². The predicted molar refractivity (Wildman–Crippen MR) is 121 cm³/mol. The van der Waals surface area contributed by atoms with Crippen LogP contribution in [-0.2, 0) is 0 Å². The maximum Gasteiger partial charge on any atom is 0.175 e. The number of hydrogen-bond donors (Lipinski definition) is 1. The smallest absolute Gasteiger partial charge is 0.175 e. The second-order valence-corrected chi connectivity index (χ2v) is 8.06. The van der Waals surface area contributed by atoms with E-state index < -0.39 is 0 Å². The topological polar surface area (TPSA) is 105 Å². The van der Waals surface area contributed by atoms with Crippen LogP contribution in [0.4, 0.5) is 5.82 Å². The molecule has 30 heavy (non-hydrogen) atoms. The lowest BCUT2D eigenvalue weighted by atomic mass is 9.95. The van der Waals surface area contributed by atoms with E-state index in [1.54, 1.807) is 7.11 Å². The van der Waals surface area contributed by atoms with Gasteiger partial charge in [-0.15, -0.1) is 0 Å². The highest BCUT2D eigenvalue weighted by Gasteiger charge is 2.29. The summed E-state index contributed by atoms with van der Waals surface area (Å²) in [5.41, 5.74) is 11.2. The van der Waals surface area contributed by atoms with Crippen molar-refractivity contribution in [2.45, 2.75) is 33.8 Å². The number of halogens is 1. The second-order valence-electron chi connectivity index (χ2n) is 7.20. The van der Waals surface area contributed by atoms with Gasteiger partial charge in [0.1, 0.15) is 18.0 Å². The molecule has 152 valence electrons. The normalized spacial score (nSPS) is 14.0. The molecule has 1 aliphatic carbocycles. The molecule has 0 unspecified atom stereocenters. The van der Waals surface area contributed by atoms with E-state index in [1.807, 2.05) is 45.9 Å². The first-order chi connectivity index (χ1) is 14.2. The van der Waals surface area contributed by atoms with E-state index in [1.165, 1.54) is 0 Å². The number of pyridine rings is 1. The van der Waals surface area contributed by atoms with Crippen LogP contribution in [0.1, 0.15) is 48.7 Å². The van der Waals surface area contributed by atoms with Crippen LogP contribution in [-0.4, -0.2) is 18.2 Å². The minimum absolute atomic E-state index is 0.00642. The Morgan fingerprint density at radius 3 is 2.47 bits per heavy atom. The van der Waals surface area contributed by atoms with Crippen LogP contribution in [0.3, 0.4) is 0 Å². The number of anilines is 1. The number of fused-ring (bicyclic) bond motifs is 1. The highest BCUT2D eigenvalue weighted by atomic mass is 79.9. The Morgan fingerprint density at radius 2 is 1.90 bits per heavy atom. The van der Waals surface area contributed by atoms with Crippen molar-refractivity contribution in [2.24, 2.45) is 0 Å². The van der Waals surface area contributed by atoms with Gasteiger partial charge in [0.2, 0.25) is 0 Å². The lowest BCUT2D eigenvalue weighted by Gasteiger charge is -2.16. The number of nitrogens with zero attached hydrogens (tertiary/aromatic N) is 3. The van der Waals surface area contributed by atoms with Crippen molar-refractivity contribution >= 4 is 39.0 Å². The van der Waals surface area contributed by atoms with Gasteiger partial charge in [-0.05, 0) is 84.1 Å². The molecule has 0 amide bonds. The monoisotopic (exact) mass is 464 g/mol. The summed E-state index contributed by atoms with van der Waals surface area (Å²) in [5, 5.41) is 19.2. The number of aromatic nitrogens is 1. The summed E-state index contributed by atoms with van der Waals surface area (Å²) in [7, 11) is 1.59. The van der Waals surface area contributed by atoms with Crippen LogP contribution >= 0.6 is 15.9 Å². The van der Waals surface area contributed by atoms with Crippen LogP contribution in [0, 0.1) is 29.6 Å². The molecule has 0 fully saturated rings. The zero-order valence-corrected chi connectivity index (χ0v) is 19.0. The Labute approximate surface area is 184 Å². The minimum Gasteiger partial charge on any atom is -0.493 e. The first-order valence-corrected chi connectivity index (χ1v) is 10.1. The van der Waals surface area contributed by atoms with Crippen LogP contribution in [0.25, 0.3) is 17.2 Å². The lowest BCUT2D eigenvalue weighted by molar-refractivity contribution is 0.228. The molecule has 2 aromatic rings. The fraction of sp³-hybridized carbons (Fsp3) is 0.261. The fourth-order valence-corrected chi connectivity index (χ4v) is 4.09. The Kier molecular flexibility index (Phi) is 5.87. The summed E-state index contributed by atoms with van der Waals surface area (Å²) in [6, 6.07) is 8.14. The van der Waals surface area contributed by atoms with E-state index in [4.69, 9.17) is 15.2 Å². The van der Waals surface area contributed by atoms with Gasteiger partial charge in [0, 0.05) is 5.56 Å². The van der Waals surface area contributed by atoms with Crippen LogP contribution < -0.4 is 15.2 Å². The molecule has 1 aromatic carbocycles. The van der Waals surface area contributed by atoms with Crippen molar-refractivity contribution < 1.29 is 9.47 Å². The van der Waals surface area contributed by atoms with Gasteiger partial charge in [0.15, 0.2) is 11.5 Å². The molecule has 0 spiro atoms. The first-order valence-electron chi connectivity index (χ1n) is 9.31. The van der Waals surface area contributed by atoms with Gasteiger partial charge in [0.05, 0.1) is 34.5 Å².